The summed E-state index contributed by atoms with van der Waals surface area (Å²) in [5, 5.41) is 2.52. The van der Waals surface area contributed by atoms with E-state index in [9.17, 15) is 18.0 Å². The van der Waals surface area contributed by atoms with Crippen molar-refractivity contribution in [1.82, 2.24) is 5.32 Å². The van der Waals surface area contributed by atoms with Crippen molar-refractivity contribution in [2.45, 2.75) is 25.8 Å². The van der Waals surface area contributed by atoms with E-state index in [0.29, 0.717) is 0 Å². The second-order valence-electron chi connectivity index (χ2n) is 4.16. The molecule has 2 N–H and O–H groups in total. The SMILES string of the molecule is C=CC(=O)NC(C)(C)CC(=C)C(=O)OS(=O)(=O)O. The molecule has 0 atom stereocenters. The lowest BCUT2D eigenvalue weighted by Crippen LogP contribution is -2.43. The molecular weight excluding hydrogens is 262 g/mol. The van der Waals surface area contributed by atoms with Crippen LogP contribution in [0.25, 0.3) is 0 Å². The molecule has 0 aromatic carbocycles. The van der Waals surface area contributed by atoms with Gasteiger partial charge in [-0.1, -0.05) is 13.2 Å². The van der Waals surface area contributed by atoms with Crippen molar-refractivity contribution in [3.63, 3.8) is 0 Å². The van der Waals surface area contributed by atoms with Gasteiger partial charge in [0.15, 0.2) is 0 Å². The Hall–Kier alpha value is -1.67. The van der Waals surface area contributed by atoms with Gasteiger partial charge in [-0.15, -0.1) is 0 Å². The molecule has 0 bridgehead atoms. The Kier molecular flexibility index (Phi) is 5.25. The topological polar surface area (TPSA) is 110 Å². The van der Waals surface area contributed by atoms with Gasteiger partial charge >= 0.3 is 16.4 Å². The third kappa shape index (κ3) is 6.81. The zero-order chi connectivity index (χ0) is 14.6. The summed E-state index contributed by atoms with van der Waals surface area (Å²) in [6.45, 7) is 9.79. The Bertz CT molecular complexity index is 477. The van der Waals surface area contributed by atoms with E-state index in [-0.39, 0.29) is 12.0 Å². The fourth-order valence-electron chi connectivity index (χ4n) is 1.19. The molecule has 0 saturated heterocycles. The van der Waals surface area contributed by atoms with Gasteiger partial charge in [0.25, 0.3) is 0 Å². The van der Waals surface area contributed by atoms with E-state index in [1.165, 1.54) is 0 Å². The molecule has 0 spiro atoms. The van der Waals surface area contributed by atoms with Crippen LogP contribution in [0.4, 0.5) is 0 Å². The molecule has 0 aliphatic rings. The van der Waals surface area contributed by atoms with Crippen molar-refractivity contribution in [2.75, 3.05) is 0 Å². The molecule has 102 valence electrons. The van der Waals surface area contributed by atoms with Crippen molar-refractivity contribution in [2.24, 2.45) is 0 Å². The molecule has 7 nitrogen and oxygen atoms in total. The molecule has 0 heterocycles. The van der Waals surface area contributed by atoms with Crippen LogP contribution >= 0.6 is 0 Å². The van der Waals surface area contributed by atoms with Crippen LogP contribution in [0.1, 0.15) is 20.3 Å². The summed E-state index contributed by atoms with van der Waals surface area (Å²) in [6, 6.07) is 0. The summed E-state index contributed by atoms with van der Waals surface area (Å²) in [4.78, 5) is 22.3. The Morgan fingerprint density at radius 3 is 2.33 bits per heavy atom. The highest BCUT2D eigenvalue weighted by Gasteiger charge is 2.25. The summed E-state index contributed by atoms with van der Waals surface area (Å²) >= 11 is 0. The van der Waals surface area contributed by atoms with E-state index in [4.69, 9.17) is 4.55 Å². The van der Waals surface area contributed by atoms with E-state index in [1.807, 2.05) is 0 Å². The number of carbonyl (C=O) groups excluding carboxylic acids is 2. The molecule has 0 aromatic heterocycles. The Labute approximate surface area is 105 Å². The first-order chi connectivity index (χ1) is 7.97. The van der Waals surface area contributed by atoms with Gasteiger partial charge in [-0.3, -0.25) is 9.35 Å². The van der Waals surface area contributed by atoms with E-state index in [1.54, 1.807) is 13.8 Å². The van der Waals surface area contributed by atoms with E-state index >= 15 is 0 Å². The highest BCUT2D eigenvalue weighted by atomic mass is 32.3. The summed E-state index contributed by atoms with van der Waals surface area (Å²) in [7, 11) is -4.87. The Morgan fingerprint density at radius 1 is 1.44 bits per heavy atom. The van der Waals surface area contributed by atoms with Crippen molar-refractivity contribution in [3.05, 3.63) is 24.8 Å². The van der Waals surface area contributed by atoms with E-state index < -0.39 is 27.8 Å². The zero-order valence-electron chi connectivity index (χ0n) is 10.1. The van der Waals surface area contributed by atoms with Crippen LogP contribution in [0.2, 0.25) is 0 Å². The van der Waals surface area contributed by atoms with Gasteiger partial charge in [0.1, 0.15) is 0 Å². The normalized spacial score (nSPS) is 11.5. The average molecular weight is 277 g/mol. The molecule has 0 saturated carbocycles. The number of hydrogen-bond donors (Lipinski definition) is 2. The van der Waals surface area contributed by atoms with Gasteiger partial charge in [-0.2, -0.15) is 8.42 Å². The van der Waals surface area contributed by atoms with Crippen LogP contribution in [0, 0.1) is 0 Å². The van der Waals surface area contributed by atoms with Crippen LogP contribution in [0.15, 0.2) is 24.8 Å². The van der Waals surface area contributed by atoms with Crippen molar-refractivity contribution < 1.29 is 26.7 Å². The van der Waals surface area contributed by atoms with Gasteiger partial charge < -0.3 is 9.50 Å². The number of carbonyl (C=O) groups is 2. The predicted octanol–water partition coefficient (Wildman–Crippen LogP) is 0.360. The van der Waals surface area contributed by atoms with Crippen molar-refractivity contribution in [3.8, 4) is 0 Å². The van der Waals surface area contributed by atoms with Crippen LogP contribution in [0.5, 0.6) is 0 Å². The number of hydrogen-bond acceptors (Lipinski definition) is 5. The maximum absolute atomic E-state index is 11.2. The molecule has 0 rings (SSSR count). The molecule has 1 amide bonds. The number of nitrogens with one attached hydrogen (secondary N) is 1. The summed E-state index contributed by atoms with van der Waals surface area (Å²) < 4.78 is 32.7. The minimum Gasteiger partial charge on any atom is -0.347 e. The lowest BCUT2D eigenvalue weighted by molar-refractivity contribution is -0.130. The molecule has 18 heavy (non-hydrogen) atoms. The van der Waals surface area contributed by atoms with Crippen LogP contribution in [0.3, 0.4) is 0 Å². The monoisotopic (exact) mass is 277 g/mol. The third-order valence-corrected chi connectivity index (χ3v) is 2.13. The predicted molar refractivity (Wildman–Crippen MR) is 63.8 cm³/mol. The quantitative estimate of drug-likeness (QED) is 0.536. The lowest BCUT2D eigenvalue weighted by atomic mass is 9.95. The Morgan fingerprint density at radius 2 is 1.94 bits per heavy atom. The van der Waals surface area contributed by atoms with E-state index in [2.05, 4.69) is 22.7 Å². The smallest absolute Gasteiger partial charge is 0.347 e. The first-order valence-electron chi connectivity index (χ1n) is 4.80. The highest BCUT2D eigenvalue weighted by molar-refractivity contribution is 7.81. The van der Waals surface area contributed by atoms with Gasteiger partial charge in [-0.05, 0) is 19.9 Å². The second kappa shape index (κ2) is 5.78. The van der Waals surface area contributed by atoms with Crippen LogP contribution in [-0.4, -0.2) is 30.4 Å². The maximum atomic E-state index is 11.2. The van der Waals surface area contributed by atoms with Crippen LogP contribution in [-0.2, 0) is 24.2 Å². The summed E-state index contributed by atoms with van der Waals surface area (Å²) in [6.07, 6.45) is 1.00. The first kappa shape index (κ1) is 16.3. The van der Waals surface area contributed by atoms with Gasteiger partial charge in [-0.25, -0.2) is 4.79 Å². The van der Waals surface area contributed by atoms with Gasteiger partial charge in [0.05, 0.1) is 0 Å². The fraction of sp³-hybridized carbons (Fsp3) is 0.400. The highest BCUT2D eigenvalue weighted by Crippen LogP contribution is 2.16. The summed E-state index contributed by atoms with van der Waals surface area (Å²) in [5.41, 5.74) is -1.05. The minimum absolute atomic E-state index is 0.0546. The molecular formula is C10H15NO6S. The molecule has 8 heteroatoms. The zero-order valence-corrected chi connectivity index (χ0v) is 10.9. The molecule has 0 unspecified atom stereocenters. The van der Waals surface area contributed by atoms with E-state index in [0.717, 1.165) is 6.08 Å². The minimum atomic E-state index is -4.87. The lowest BCUT2D eigenvalue weighted by Gasteiger charge is -2.25. The number of amides is 1. The fourth-order valence-corrected chi connectivity index (χ4v) is 1.50. The third-order valence-electron chi connectivity index (χ3n) is 1.77. The van der Waals surface area contributed by atoms with Crippen LogP contribution < -0.4 is 5.32 Å². The molecule has 0 radical (unpaired) electrons. The molecule has 0 aliphatic heterocycles. The maximum Gasteiger partial charge on any atom is 0.449 e. The molecule has 0 aliphatic carbocycles. The molecule has 0 fully saturated rings. The first-order valence-corrected chi connectivity index (χ1v) is 6.17. The molecule has 0 aromatic rings. The average Bonchev–Trinajstić information content (AvgIpc) is 2.13. The summed E-state index contributed by atoms with van der Waals surface area (Å²) in [5.74, 6) is -1.73. The number of rotatable bonds is 6. The van der Waals surface area contributed by atoms with Crippen molar-refractivity contribution in [1.29, 1.82) is 0 Å². The van der Waals surface area contributed by atoms with Gasteiger partial charge in [0.2, 0.25) is 5.91 Å². The standard InChI is InChI=1S/C10H15NO6S/c1-5-8(12)11-10(3,4)6-7(2)9(13)17-18(14,15)16/h5H,1-2,6H2,3-4H3,(H,11,12)(H,14,15,16). The Balaban J connectivity index is 4.60. The van der Waals surface area contributed by atoms with Crippen molar-refractivity contribution >= 4 is 22.3 Å². The largest absolute Gasteiger partial charge is 0.449 e. The second-order valence-corrected chi connectivity index (χ2v) is 5.18. The van der Waals surface area contributed by atoms with Gasteiger partial charge in [0, 0.05) is 17.5 Å².